The van der Waals surface area contributed by atoms with Gasteiger partial charge in [0.15, 0.2) is 5.03 Å². The molecule has 2 aromatic heterocycles. The van der Waals surface area contributed by atoms with E-state index in [4.69, 9.17) is 4.74 Å². The molecule has 0 unspecified atom stereocenters. The highest BCUT2D eigenvalue weighted by molar-refractivity contribution is 7.89. The first-order valence-electron chi connectivity index (χ1n) is 7.20. The van der Waals surface area contributed by atoms with Crippen LogP contribution in [-0.4, -0.2) is 54.7 Å². The summed E-state index contributed by atoms with van der Waals surface area (Å²) in [5, 5.41) is 0.0126. The molecule has 0 radical (unpaired) electrons. The SMILES string of the molecule is Cc1cc(N2CCOCC2)nc(CNS(=O)(=O)c2cnc[nH]2)n1. The van der Waals surface area contributed by atoms with E-state index in [1.165, 1.54) is 12.5 Å². The smallest absolute Gasteiger partial charge is 0.258 e. The summed E-state index contributed by atoms with van der Waals surface area (Å²) in [5.41, 5.74) is 0.789. The maximum absolute atomic E-state index is 12.1. The van der Waals surface area contributed by atoms with Crippen molar-refractivity contribution in [2.75, 3.05) is 31.2 Å². The van der Waals surface area contributed by atoms with Crippen molar-refractivity contribution in [2.45, 2.75) is 18.5 Å². The molecule has 0 saturated carbocycles. The lowest BCUT2D eigenvalue weighted by atomic mass is 10.3. The van der Waals surface area contributed by atoms with Crippen LogP contribution < -0.4 is 9.62 Å². The molecule has 3 heterocycles. The number of rotatable bonds is 5. The largest absolute Gasteiger partial charge is 0.378 e. The summed E-state index contributed by atoms with van der Waals surface area (Å²) in [7, 11) is -3.65. The topological polar surface area (TPSA) is 113 Å². The Balaban J connectivity index is 1.74. The number of nitrogens with zero attached hydrogens (tertiary/aromatic N) is 4. The highest BCUT2D eigenvalue weighted by Gasteiger charge is 2.17. The Morgan fingerprint density at radius 3 is 2.83 bits per heavy atom. The van der Waals surface area contributed by atoms with Crippen molar-refractivity contribution < 1.29 is 13.2 Å². The van der Waals surface area contributed by atoms with Gasteiger partial charge < -0.3 is 14.6 Å². The van der Waals surface area contributed by atoms with Crippen molar-refractivity contribution in [1.29, 1.82) is 0 Å². The third-order valence-corrected chi connectivity index (χ3v) is 4.73. The molecule has 1 saturated heterocycles. The van der Waals surface area contributed by atoms with Gasteiger partial charge in [0, 0.05) is 24.8 Å². The van der Waals surface area contributed by atoms with E-state index in [1.807, 2.05) is 13.0 Å². The Hall–Kier alpha value is -2.04. The molecule has 0 aromatic carbocycles. The molecule has 2 aromatic rings. The Morgan fingerprint density at radius 2 is 2.13 bits per heavy atom. The fraction of sp³-hybridized carbons (Fsp3) is 0.462. The molecule has 9 nitrogen and oxygen atoms in total. The quantitative estimate of drug-likeness (QED) is 0.777. The molecular formula is C13H18N6O3S. The van der Waals surface area contributed by atoms with Gasteiger partial charge in [0.25, 0.3) is 10.0 Å². The van der Waals surface area contributed by atoms with E-state index in [0.717, 1.165) is 24.6 Å². The maximum atomic E-state index is 12.1. The zero-order chi connectivity index (χ0) is 16.3. The summed E-state index contributed by atoms with van der Waals surface area (Å²) in [5.74, 6) is 1.21. The van der Waals surface area contributed by atoms with Crippen molar-refractivity contribution in [3.8, 4) is 0 Å². The van der Waals surface area contributed by atoms with Gasteiger partial charge in [-0.15, -0.1) is 0 Å². The molecule has 1 aliphatic rings. The van der Waals surface area contributed by atoms with Crippen LogP contribution in [0.4, 0.5) is 5.82 Å². The zero-order valence-corrected chi connectivity index (χ0v) is 13.5. The van der Waals surface area contributed by atoms with E-state index < -0.39 is 10.0 Å². The van der Waals surface area contributed by atoms with Crippen LogP contribution in [0.25, 0.3) is 0 Å². The van der Waals surface area contributed by atoms with Gasteiger partial charge in [-0.25, -0.2) is 28.1 Å². The van der Waals surface area contributed by atoms with Crippen LogP contribution in [0.2, 0.25) is 0 Å². The number of hydrogen-bond donors (Lipinski definition) is 2. The lowest BCUT2D eigenvalue weighted by Crippen LogP contribution is -2.37. The third kappa shape index (κ3) is 3.84. The average molecular weight is 338 g/mol. The predicted octanol–water partition coefficient (Wildman–Crippen LogP) is -0.177. The van der Waals surface area contributed by atoms with Gasteiger partial charge in [-0.2, -0.15) is 0 Å². The fourth-order valence-electron chi connectivity index (χ4n) is 2.27. The fourth-order valence-corrected chi connectivity index (χ4v) is 3.16. The minimum Gasteiger partial charge on any atom is -0.378 e. The first-order chi connectivity index (χ1) is 11.0. The number of aromatic amines is 1. The number of aryl methyl sites for hydroxylation is 1. The number of hydrogen-bond acceptors (Lipinski definition) is 7. The molecule has 0 bridgehead atoms. The van der Waals surface area contributed by atoms with E-state index in [2.05, 4.69) is 29.6 Å². The predicted molar refractivity (Wildman–Crippen MR) is 82.4 cm³/mol. The minimum atomic E-state index is -3.65. The number of aromatic nitrogens is 4. The van der Waals surface area contributed by atoms with Crippen LogP contribution in [-0.2, 0) is 21.3 Å². The van der Waals surface area contributed by atoms with Gasteiger partial charge in [-0.05, 0) is 6.92 Å². The zero-order valence-electron chi connectivity index (χ0n) is 12.7. The van der Waals surface area contributed by atoms with E-state index in [9.17, 15) is 8.42 Å². The van der Waals surface area contributed by atoms with Gasteiger partial charge in [0.05, 0.1) is 32.3 Å². The van der Waals surface area contributed by atoms with Crippen molar-refractivity contribution >= 4 is 15.8 Å². The molecule has 23 heavy (non-hydrogen) atoms. The number of imidazole rings is 1. The van der Waals surface area contributed by atoms with Gasteiger partial charge >= 0.3 is 0 Å². The molecule has 1 aliphatic heterocycles. The average Bonchev–Trinajstić information content (AvgIpc) is 3.09. The van der Waals surface area contributed by atoms with Crippen molar-refractivity contribution in [1.82, 2.24) is 24.7 Å². The van der Waals surface area contributed by atoms with Gasteiger partial charge in [-0.3, -0.25) is 0 Å². The molecule has 0 atom stereocenters. The number of morpholine rings is 1. The van der Waals surface area contributed by atoms with E-state index in [0.29, 0.717) is 19.0 Å². The third-order valence-electron chi connectivity index (χ3n) is 3.41. The highest BCUT2D eigenvalue weighted by atomic mass is 32.2. The molecule has 10 heteroatoms. The molecule has 0 spiro atoms. The molecule has 3 rings (SSSR count). The molecule has 0 aliphatic carbocycles. The standard InChI is InChI=1S/C13H18N6O3S/c1-10-6-12(19-2-4-22-5-3-19)18-11(17-10)7-16-23(20,21)13-8-14-9-15-13/h6,8-9,16H,2-5,7H2,1H3,(H,14,15). The lowest BCUT2D eigenvalue weighted by Gasteiger charge is -2.28. The van der Waals surface area contributed by atoms with Crippen LogP contribution in [0.15, 0.2) is 23.6 Å². The summed E-state index contributed by atoms with van der Waals surface area (Å²) in [6.45, 7) is 4.71. The number of nitrogens with one attached hydrogen (secondary N) is 2. The van der Waals surface area contributed by atoms with Gasteiger partial charge in [0.2, 0.25) is 0 Å². The van der Waals surface area contributed by atoms with Crippen LogP contribution in [0.5, 0.6) is 0 Å². The summed E-state index contributed by atoms with van der Waals surface area (Å²) < 4.78 is 31.9. The molecule has 124 valence electrons. The molecule has 2 N–H and O–H groups in total. The van der Waals surface area contributed by atoms with E-state index >= 15 is 0 Å². The molecular weight excluding hydrogens is 320 g/mol. The molecule has 0 amide bonds. The van der Waals surface area contributed by atoms with Gasteiger partial charge in [-0.1, -0.05) is 0 Å². The highest BCUT2D eigenvalue weighted by Crippen LogP contribution is 2.14. The second-order valence-corrected chi connectivity index (χ2v) is 6.86. The van der Waals surface area contributed by atoms with Crippen molar-refractivity contribution in [2.24, 2.45) is 0 Å². The van der Waals surface area contributed by atoms with Crippen molar-refractivity contribution in [3.05, 3.63) is 30.1 Å². The number of H-pyrrole nitrogens is 1. The Bertz CT molecular complexity index is 756. The normalized spacial score (nSPS) is 15.8. The minimum absolute atomic E-state index is 0.0126. The van der Waals surface area contributed by atoms with Crippen LogP contribution in [0, 0.1) is 6.92 Å². The molecule has 1 fully saturated rings. The second kappa shape index (κ2) is 6.60. The van der Waals surface area contributed by atoms with Crippen LogP contribution in [0.1, 0.15) is 11.5 Å². The van der Waals surface area contributed by atoms with E-state index in [-0.39, 0.29) is 11.6 Å². The lowest BCUT2D eigenvalue weighted by molar-refractivity contribution is 0.122. The van der Waals surface area contributed by atoms with Crippen LogP contribution >= 0.6 is 0 Å². The monoisotopic (exact) mass is 338 g/mol. The first-order valence-corrected chi connectivity index (χ1v) is 8.68. The summed E-state index contributed by atoms with van der Waals surface area (Å²) >= 11 is 0. The number of anilines is 1. The first kappa shape index (κ1) is 15.8. The van der Waals surface area contributed by atoms with Crippen LogP contribution in [0.3, 0.4) is 0 Å². The summed E-state index contributed by atoms with van der Waals surface area (Å²) in [4.78, 5) is 17.1. The van der Waals surface area contributed by atoms with Gasteiger partial charge in [0.1, 0.15) is 11.6 Å². The Kier molecular flexibility index (Phi) is 4.55. The summed E-state index contributed by atoms with van der Waals surface area (Å²) in [6.07, 6.45) is 2.56. The Labute approximate surface area is 134 Å². The maximum Gasteiger partial charge on any atom is 0.258 e. The summed E-state index contributed by atoms with van der Waals surface area (Å²) in [6, 6.07) is 1.89. The number of sulfonamides is 1. The van der Waals surface area contributed by atoms with E-state index in [1.54, 1.807) is 0 Å². The van der Waals surface area contributed by atoms with Crippen molar-refractivity contribution in [3.63, 3.8) is 0 Å². The Morgan fingerprint density at radius 1 is 1.35 bits per heavy atom. The second-order valence-electron chi connectivity index (χ2n) is 5.12. The number of ether oxygens (including phenoxy) is 1.